The first-order valence-corrected chi connectivity index (χ1v) is 35.2. The number of hydrogen-bond acceptors (Lipinski definition) is 6. The molecule has 0 spiro atoms. The summed E-state index contributed by atoms with van der Waals surface area (Å²) < 4.78 is 16.8. The maximum absolute atomic E-state index is 12.8. The van der Waals surface area contributed by atoms with Crippen LogP contribution in [0, 0.1) is 0 Å². The maximum Gasteiger partial charge on any atom is 0.306 e. The second-order valence-corrected chi connectivity index (χ2v) is 24.2. The molecule has 456 valence electrons. The minimum atomic E-state index is -0.765. The van der Waals surface area contributed by atoms with Crippen molar-refractivity contribution < 1.29 is 28.6 Å². The predicted octanol–water partition coefficient (Wildman–Crippen LogP) is 24.0. The molecule has 0 N–H and O–H groups in total. The van der Waals surface area contributed by atoms with Crippen LogP contribution in [0.25, 0.3) is 0 Å². The van der Waals surface area contributed by atoms with Crippen LogP contribution in [0.15, 0.2) is 12.2 Å². The number of carbonyl (C=O) groups excluding carboxylic acids is 3. The molecule has 0 heterocycles. The summed E-state index contributed by atoms with van der Waals surface area (Å²) in [7, 11) is 0. The molecule has 77 heavy (non-hydrogen) atoms. The Morgan fingerprint density at radius 2 is 0.429 bits per heavy atom. The van der Waals surface area contributed by atoms with Gasteiger partial charge in [-0.3, -0.25) is 14.4 Å². The van der Waals surface area contributed by atoms with E-state index in [0.29, 0.717) is 19.3 Å². The topological polar surface area (TPSA) is 78.9 Å². The minimum Gasteiger partial charge on any atom is -0.462 e. The Hall–Kier alpha value is -1.85. The zero-order chi connectivity index (χ0) is 55.7. The quantitative estimate of drug-likeness (QED) is 0.0261. The maximum atomic E-state index is 12.8. The van der Waals surface area contributed by atoms with E-state index in [-0.39, 0.29) is 31.1 Å². The van der Waals surface area contributed by atoms with Crippen molar-refractivity contribution in [2.75, 3.05) is 13.2 Å². The van der Waals surface area contributed by atoms with Crippen molar-refractivity contribution in [1.29, 1.82) is 0 Å². The first kappa shape index (κ1) is 75.2. The van der Waals surface area contributed by atoms with Crippen molar-refractivity contribution in [2.45, 2.75) is 412 Å². The molecule has 0 aliphatic heterocycles. The van der Waals surface area contributed by atoms with Gasteiger partial charge in [-0.2, -0.15) is 0 Å². The molecular formula is C71H136O6. The molecular weight excluding hydrogens is 949 g/mol. The van der Waals surface area contributed by atoms with Gasteiger partial charge in [-0.1, -0.05) is 354 Å². The van der Waals surface area contributed by atoms with Gasteiger partial charge in [-0.25, -0.2) is 0 Å². The van der Waals surface area contributed by atoms with E-state index in [1.165, 1.54) is 308 Å². The van der Waals surface area contributed by atoms with Crippen LogP contribution >= 0.6 is 0 Å². The van der Waals surface area contributed by atoms with E-state index < -0.39 is 6.10 Å². The fourth-order valence-electron chi connectivity index (χ4n) is 11.0. The number of unbranched alkanes of at least 4 members (excludes halogenated alkanes) is 53. The fraction of sp³-hybridized carbons (Fsp3) is 0.930. The van der Waals surface area contributed by atoms with Crippen molar-refractivity contribution in [3.05, 3.63) is 12.2 Å². The number of hydrogen-bond donors (Lipinski definition) is 0. The zero-order valence-corrected chi connectivity index (χ0v) is 52.5. The Kier molecular flexibility index (Phi) is 65.1. The van der Waals surface area contributed by atoms with Crippen LogP contribution in [0.5, 0.6) is 0 Å². The summed E-state index contributed by atoms with van der Waals surface area (Å²) in [4.78, 5) is 38.0. The highest BCUT2D eigenvalue weighted by Gasteiger charge is 2.19. The lowest BCUT2D eigenvalue weighted by Crippen LogP contribution is -2.30. The molecule has 0 aromatic heterocycles. The number of allylic oxidation sites excluding steroid dienone is 2. The predicted molar refractivity (Wildman–Crippen MR) is 335 cm³/mol. The van der Waals surface area contributed by atoms with Crippen LogP contribution in [-0.4, -0.2) is 37.2 Å². The van der Waals surface area contributed by atoms with Gasteiger partial charge in [0.1, 0.15) is 13.2 Å². The van der Waals surface area contributed by atoms with E-state index in [0.717, 1.165) is 57.8 Å². The van der Waals surface area contributed by atoms with Crippen LogP contribution in [0.1, 0.15) is 406 Å². The van der Waals surface area contributed by atoms with Crippen molar-refractivity contribution >= 4 is 17.9 Å². The molecule has 0 fully saturated rings. The van der Waals surface area contributed by atoms with Gasteiger partial charge in [0.2, 0.25) is 0 Å². The summed E-state index contributed by atoms with van der Waals surface area (Å²) >= 11 is 0. The summed E-state index contributed by atoms with van der Waals surface area (Å²) in [5, 5.41) is 0. The van der Waals surface area contributed by atoms with Crippen LogP contribution < -0.4 is 0 Å². The third-order valence-electron chi connectivity index (χ3n) is 16.3. The molecule has 6 heteroatoms. The van der Waals surface area contributed by atoms with Crippen LogP contribution in [0.3, 0.4) is 0 Å². The van der Waals surface area contributed by atoms with Gasteiger partial charge in [-0.15, -0.1) is 0 Å². The molecule has 0 aromatic carbocycles. The normalized spacial score (nSPS) is 12.0. The Balaban J connectivity index is 3.88. The number of ether oxygens (including phenoxy) is 3. The lowest BCUT2D eigenvalue weighted by atomic mass is 10.0. The molecule has 0 aliphatic carbocycles. The van der Waals surface area contributed by atoms with E-state index in [1.54, 1.807) is 0 Å². The van der Waals surface area contributed by atoms with Crippen molar-refractivity contribution in [2.24, 2.45) is 0 Å². The number of carbonyl (C=O) groups is 3. The smallest absolute Gasteiger partial charge is 0.306 e. The molecule has 0 saturated carbocycles. The van der Waals surface area contributed by atoms with E-state index in [1.807, 2.05) is 0 Å². The Labute approximate surface area is 481 Å². The highest BCUT2D eigenvalue weighted by molar-refractivity contribution is 5.71. The van der Waals surface area contributed by atoms with Gasteiger partial charge in [0.15, 0.2) is 6.10 Å². The number of esters is 3. The first-order valence-electron chi connectivity index (χ1n) is 35.2. The SMILES string of the molecule is CCCCCCCC/C=C\CCCCCCCCCCCC(=O)OC(COC(=O)CCCCCCCC)COC(=O)CCCCCCCCCCCCCCCCCCCCCCCCCCCCCCCCCCCC. The average Bonchev–Trinajstić information content (AvgIpc) is 3.43. The molecule has 1 atom stereocenters. The third-order valence-corrected chi connectivity index (χ3v) is 16.3. The van der Waals surface area contributed by atoms with Gasteiger partial charge in [0, 0.05) is 19.3 Å². The average molecular weight is 1090 g/mol. The molecule has 0 rings (SSSR count). The minimum absolute atomic E-state index is 0.0655. The van der Waals surface area contributed by atoms with Crippen LogP contribution in [-0.2, 0) is 28.6 Å². The summed E-state index contributed by atoms with van der Waals surface area (Å²) in [5.41, 5.74) is 0. The van der Waals surface area contributed by atoms with Gasteiger partial charge < -0.3 is 14.2 Å². The Bertz CT molecular complexity index is 1200. The molecule has 0 radical (unpaired) electrons. The molecule has 6 nitrogen and oxygen atoms in total. The van der Waals surface area contributed by atoms with Gasteiger partial charge in [0.25, 0.3) is 0 Å². The molecule has 0 saturated heterocycles. The monoisotopic (exact) mass is 1090 g/mol. The standard InChI is InChI=1S/C71H136O6/c1-4-7-10-13-16-18-20-22-24-26-28-29-30-31-32-33-34-35-36-37-38-39-40-41-42-44-45-47-49-51-53-55-58-61-64-70(73)76-67-68(66-75-69(72)63-60-57-15-12-9-6-3)77-71(74)65-62-59-56-54-52-50-48-46-43-27-25-23-21-19-17-14-11-8-5-2/h23,25,68H,4-22,24,26-67H2,1-3H3/b25-23-. The fourth-order valence-corrected chi connectivity index (χ4v) is 11.0. The summed E-state index contributed by atoms with van der Waals surface area (Å²) in [6.45, 7) is 6.65. The van der Waals surface area contributed by atoms with Gasteiger partial charge >= 0.3 is 17.9 Å². The van der Waals surface area contributed by atoms with Crippen LogP contribution in [0.4, 0.5) is 0 Å². The first-order chi connectivity index (χ1) is 38.0. The number of rotatable bonds is 66. The molecule has 0 aliphatic rings. The third kappa shape index (κ3) is 64.9. The van der Waals surface area contributed by atoms with Crippen molar-refractivity contribution in [3.63, 3.8) is 0 Å². The lowest BCUT2D eigenvalue weighted by molar-refractivity contribution is -0.167. The van der Waals surface area contributed by atoms with E-state index in [4.69, 9.17) is 14.2 Å². The highest BCUT2D eigenvalue weighted by Crippen LogP contribution is 2.19. The Morgan fingerprint density at radius 1 is 0.247 bits per heavy atom. The largest absolute Gasteiger partial charge is 0.462 e. The second-order valence-electron chi connectivity index (χ2n) is 24.2. The summed E-state index contributed by atoms with van der Waals surface area (Å²) in [6, 6.07) is 0. The van der Waals surface area contributed by atoms with E-state index in [9.17, 15) is 14.4 Å². The van der Waals surface area contributed by atoms with Crippen molar-refractivity contribution in [1.82, 2.24) is 0 Å². The van der Waals surface area contributed by atoms with Crippen molar-refractivity contribution in [3.8, 4) is 0 Å². The van der Waals surface area contributed by atoms with E-state index in [2.05, 4.69) is 32.9 Å². The molecule has 0 bridgehead atoms. The summed E-state index contributed by atoms with van der Waals surface area (Å²) in [5.74, 6) is -0.850. The van der Waals surface area contributed by atoms with E-state index >= 15 is 0 Å². The van der Waals surface area contributed by atoms with Gasteiger partial charge in [-0.05, 0) is 44.9 Å². The highest BCUT2D eigenvalue weighted by atomic mass is 16.6. The van der Waals surface area contributed by atoms with Crippen LogP contribution in [0.2, 0.25) is 0 Å². The molecule has 0 amide bonds. The Morgan fingerprint density at radius 3 is 0.649 bits per heavy atom. The second kappa shape index (κ2) is 66.7. The van der Waals surface area contributed by atoms with Gasteiger partial charge in [0.05, 0.1) is 0 Å². The zero-order valence-electron chi connectivity index (χ0n) is 52.5. The summed E-state index contributed by atoms with van der Waals surface area (Å²) in [6.07, 6.45) is 80.2. The molecule has 0 aromatic rings. The molecule has 1 unspecified atom stereocenters. The lowest BCUT2D eigenvalue weighted by Gasteiger charge is -2.18.